The summed E-state index contributed by atoms with van der Waals surface area (Å²) in [7, 11) is 0. The third kappa shape index (κ3) is 5.18. The quantitative estimate of drug-likeness (QED) is 0.807. The van der Waals surface area contributed by atoms with Crippen molar-refractivity contribution >= 4 is 15.9 Å². The van der Waals surface area contributed by atoms with Crippen LogP contribution in [0.5, 0.6) is 5.75 Å². The maximum atomic E-state index is 9.63. The predicted octanol–water partition coefficient (Wildman–Crippen LogP) is 4.48. The zero-order valence-corrected chi connectivity index (χ0v) is 14.1. The normalized spacial score (nSPS) is 12.6. The number of aromatic hydroxyl groups is 1. The summed E-state index contributed by atoms with van der Waals surface area (Å²) in [6.07, 6.45) is 0.912. The molecule has 1 unspecified atom stereocenters. The van der Waals surface area contributed by atoms with Gasteiger partial charge in [0.05, 0.1) is 0 Å². The van der Waals surface area contributed by atoms with Gasteiger partial charge in [0.2, 0.25) is 0 Å². The van der Waals surface area contributed by atoms with Gasteiger partial charge >= 0.3 is 0 Å². The van der Waals surface area contributed by atoms with Crippen molar-refractivity contribution in [1.82, 2.24) is 5.32 Å². The molecule has 0 saturated carbocycles. The van der Waals surface area contributed by atoms with E-state index in [9.17, 15) is 5.11 Å². The summed E-state index contributed by atoms with van der Waals surface area (Å²) >= 11 is 3.48. The van der Waals surface area contributed by atoms with Gasteiger partial charge in [-0.1, -0.05) is 54.0 Å². The second-order valence-corrected chi connectivity index (χ2v) is 6.60. The third-order valence-electron chi connectivity index (χ3n) is 3.51. The summed E-state index contributed by atoms with van der Waals surface area (Å²) in [5.41, 5.74) is 2.48. The fourth-order valence-corrected chi connectivity index (χ4v) is 2.65. The first-order valence-corrected chi connectivity index (χ1v) is 8.10. The van der Waals surface area contributed by atoms with Crippen LogP contribution in [0.1, 0.15) is 30.9 Å². The van der Waals surface area contributed by atoms with E-state index in [0.29, 0.717) is 17.7 Å². The molecule has 0 amide bonds. The van der Waals surface area contributed by atoms with Crippen LogP contribution in [0.2, 0.25) is 0 Å². The monoisotopic (exact) mass is 347 g/mol. The molecule has 0 radical (unpaired) electrons. The molecule has 0 aliphatic heterocycles. The third-order valence-corrected chi connectivity index (χ3v) is 4.04. The lowest BCUT2D eigenvalue weighted by molar-refractivity contribution is 0.473. The maximum Gasteiger partial charge on any atom is 0.115 e. The van der Waals surface area contributed by atoms with Crippen LogP contribution in [0, 0.1) is 0 Å². The van der Waals surface area contributed by atoms with E-state index in [1.165, 1.54) is 5.56 Å². The number of hydrogen-bond acceptors (Lipinski definition) is 2. The van der Waals surface area contributed by atoms with E-state index in [1.807, 2.05) is 12.1 Å². The molecule has 2 rings (SSSR count). The van der Waals surface area contributed by atoms with E-state index in [0.717, 1.165) is 23.0 Å². The minimum Gasteiger partial charge on any atom is -0.508 e. The Morgan fingerprint density at radius 3 is 2.43 bits per heavy atom. The Hall–Kier alpha value is -1.32. The van der Waals surface area contributed by atoms with Crippen LogP contribution in [-0.4, -0.2) is 17.7 Å². The highest BCUT2D eigenvalue weighted by atomic mass is 79.9. The van der Waals surface area contributed by atoms with Crippen LogP contribution < -0.4 is 5.32 Å². The van der Waals surface area contributed by atoms with Gasteiger partial charge in [-0.15, -0.1) is 0 Å². The number of halogens is 1. The van der Waals surface area contributed by atoms with Crippen LogP contribution in [0.3, 0.4) is 0 Å². The van der Waals surface area contributed by atoms with Gasteiger partial charge in [-0.2, -0.15) is 0 Å². The van der Waals surface area contributed by atoms with Crippen molar-refractivity contribution in [2.45, 2.75) is 32.2 Å². The Bertz CT molecular complexity index is 566. The number of nitrogens with one attached hydrogen (secondary N) is 1. The molecule has 2 nitrogen and oxygen atoms in total. The van der Waals surface area contributed by atoms with E-state index < -0.39 is 0 Å². The minimum atomic E-state index is 0.332. The van der Waals surface area contributed by atoms with E-state index in [2.05, 4.69) is 65.4 Å². The summed E-state index contributed by atoms with van der Waals surface area (Å²) in [5.74, 6) is 0.723. The summed E-state index contributed by atoms with van der Waals surface area (Å²) in [4.78, 5) is 0. The van der Waals surface area contributed by atoms with Crippen molar-refractivity contribution in [2.24, 2.45) is 0 Å². The van der Waals surface area contributed by atoms with E-state index in [-0.39, 0.29) is 0 Å². The molecule has 0 aliphatic carbocycles. The molecule has 0 heterocycles. The summed E-state index contributed by atoms with van der Waals surface area (Å²) in [6, 6.07) is 16.5. The average molecular weight is 348 g/mol. The van der Waals surface area contributed by atoms with Gasteiger partial charge in [0.1, 0.15) is 5.75 Å². The first-order chi connectivity index (χ1) is 10.0. The SMILES string of the molecule is CC(C)NCC(Cc1cccc(O)c1)c1ccc(Br)cc1. The van der Waals surface area contributed by atoms with Crippen LogP contribution in [0.15, 0.2) is 53.0 Å². The molecule has 2 aromatic rings. The first kappa shape index (κ1) is 16.1. The van der Waals surface area contributed by atoms with Crippen LogP contribution in [0.25, 0.3) is 0 Å². The Labute approximate surface area is 135 Å². The molecule has 0 bridgehead atoms. The molecule has 0 aliphatic rings. The number of phenols is 1. The molecule has 2 N–H and O–H groups in total. The Kier molecular flexibility index (Phi) is 5.83. The van der Waals surface area contributed by atoms with Gasteiger partial charge in [0.15, 0.2) is 0 Å². The summed E-state index contributed by atoms with van der Waals surface area (Å²) in [5, 5.41) is 13.1. The van der Waals surface area contributed by atoms with E-state index in [4.69, 9.17) is 0 Å². The Morgan fingerprint density at radius 2 is 1.81 bits per heavy atom. The molecular formula is C18H22BrNO. The molecule has 3 heteroatoms. The topological polar surface area (TPSA) is 32.3 Å². The highest BCUT2D eigenvalue weighted by Crippen LogP contribution is 2.24. The van der Waals surface area contributed by atoms with Crippen molar-refractivity contribution < 1.29 is 5.11 Å². The van der Waals surface area contributed by atoms with Gasteiger partial charge in [-0.25, -0.2) is 0 Å². The molecule has 0 saturated heterocycles. The molecule has 2 aromatic carbocycles. The zero-order valence-electron chi connectivity index (χ0n) is 12.5. The van der Waals surface area contributed by atoms with Crippen molar-refractivity contribution in [1.29, 1.82) is 0 Å². The second kappa shape index (κ2) is 7.62. The summed E-state index contributed by atoms with van der Waals surface area (Å²) in [6.45, 7) is 5.24. The largest absolute Gasteiger partial charge is 0.508 e. The number of rotatable bonds is 6. The van der Waals surface area contributed by atoms with Crippen LogP contribution in [0.4, 0.5) is 0 Å². The van der Waals surface area contributed by atoms with Crippen molar-refractivity contribution in [3.63, 3.8) is 0 Å². The number of benzene rings is 2. The molecule has 21 heavy (non-hydrogen) atoms. The fourth-order valence-electron chi connectivity index (χ4n) is 2.39. The standard InChI is InChI=1S/C18H22BrNO/c1-13(2)20-12-16(15-6-8-17(19)9-7-15)10-14-4-3-5-18(21)11-14/h3-9,11,13,16,20-21H,10,12H2,1-2H3. The van der Waals surface area contributed by atoms with Gasteiger partial charge in [0, 0.05) is 23.0 Å². The number of hydrogen-bond donors (Lipinski definition) is 2. The van der Waals surface area contributed by atoms with Crippen LogP contribution >= 0.6 is 15.9 Å². The molecule has 0 fully saturated rings. The lowest BCUT2D eigenvalue weighted by atomic mass is 9.91. The Balaban J connectivity index is 2.17. The highest BCUT2D eigenvalue weighted by molar-refractivity contribution is 9.10. The first-order valence-electron chi connectivity index (χ1n) is 7.31. The smallest absolute Gasteiger partial charge is 0.115 e. The van der Waals surface area contributed by atoms with Gasteiger partial charge in [-0.3, -0.25) is 0 Å². The zero-order chi connectivity index (χ0) is 15.2. The molecule has 112 valence electrons. The second-order valence-electron chi connectivity index (χ2n) is 5.69. The highest BCUT2D eigenvalue weighted by Gasteiger charge is 2.13. The van der Waals surface area contributed by atoms with Crippen molar-refractivity contribution in [3.05, 3.63) is 64.1 Å². The van der Waals surface area contributed by atoms with Gasteiger partial charge in [-0.05, 0) is 41.8 Å². The number of phenolic OH excluding ortho intramolecular Hbond substituents is 1. The van der Waals surface area contributed by atoms with E-state index in [1.54, 1.807) is 6.07 Å². The lowest BCUT2D eigenvalue weighted by Gasteiger charge is -2.20. The summed E-state index contributed by atoms with van der Waals surface area (Å²) < 4.78 is 1.10. The fraction of sp³-hybridized carbons (Fsp3) is 0.333. The lowest BCUT2D eigenvalue weighted by Crippen LogP contribution is -2.28. The molecule has 0 aromatic heterocycles. The minimum absolute atomic E-state index is 0.332. The van der Waals surface area contributed by atoms with Crippen LogP contribution in [-0.2, 0) is 6.42 Å². The van der Waals surface area contributed by atoms with Gasteiger partial charge < -0.3 is 10.4 Å². The average Bonchev–Trinajstić information content (AvgIpc) is 2.44. The predicted molar refractivity (Wildman–Crippen MR) is 91.8 cm³/mol. The molecular weight excluding hydrogens is 326 g/mol. The van der Waals surface area contributed by atoms with Crippen molar-refractivity contribution in [2.75, 3.05) is 6.54 Å². The van der Waals surface area contributed by atoms with Crippen molar-refractivity contribution in [3.8, 4) is 5.75 Å². The van der Waals surface area contributed by atoms with Gasteiger partial charge in [0.25, 0.3) is 0 Å². The van der Waals surface area contributed by atoms with E-state index >= 15 is 0 Å². The maximum absolute atomic E-state index is 9.63. The molecule has 1 atom stereocenters. The Morgan fingerprint density at radius 1 is 1.10 bits per heavy atom. The molecule has 0 spiro atoms.